The van der Waals surface area contributed by atoms with Crippen molar-refractivity contribution in [3.05, 3.63) is 83.1 Å². The van der Waals surface area contributed by atoms with E-state index in [0.29, 0.717) is 0 Å². The molecule has 0 aliphatic heterocycles. The van der Waals surface area contributed by atoms with Gasteiger partial charge in [0.05, 0.1) is 0 Å². The lowest BCUT2D eigenvalue weighted by Crippen LogP contribution is -2.04. The maximum atomic E-state index is 3.64. The molecule has 0 radical (unpaired) electrons. The van der Waals surface area contributed by atoms with E-state index in [1.807, 2.05) is 0 Å². The molecule has 0 unspecified atom stereocenters. The third-order valence-corrected chi connectivity index (χ3v) is 3.26. The fourth-order valence-electron chi connectivity index (χ4n) is 2.57. The second-order valence-electron chi connectivity index (χ2n) is 6.75. The van der Waals surface area contributed by atoms with Crippen molar-refractivity contribution in [2.45, 2.75) is 34.1 Å². The van der Waals surface area contributed by atoms with Crippen LogP contribution in [0.25, 0.3) is 5.57 Å². The van der Waals surface area contributed by atoms with Crippen molar-refractivity contribution in [3.63, 3.8) is 0 Å². The zero-order valence-electron chi connectivity index (χ0n) is 13.5. The highest BCUT2D eigenvalue weighted by atomic mass is 14.2. The van der Waals surface area contributed by atoms with E-state index in [4.69, 9.17) is 0 Å². The minimum Gasteiger partial charge on any atom is -0.113 e. The van der Waals surface area contributed by atoms with Gasteiger partial charge in [-0.2, -0.15) is 0 Å². The Morgan fingerprint density at radius 3 is 1.62 bits per heavy atom. The Bertz CT molecular complexity index is 592. The number of hydrogen-bond acceptors (Lipinski definition) is 0. The minimum absolute atomic E-state index is 0.287. The number of allylic oxidation sites excluding steroid dienone is 1. The summed E-state index contributed by atoms with van der Waals surface area (Å²) in [6.07, 6.45) is 1.05. The summed E-state index contributed by atoms with van der Waals surface area (Å²) in [7, 11) is 0. The Labute approximate surface area is 128 Å². The van der Waals surface area contributed by atoms with Gasteiger partial charge in [-0.25, -0.2) is 0 Å². The molecule has 0 saturated heterocycles. The monoisotopic (exact) mass is 276 g/mol. The van der Waals surface area contributed by atoms with E-state index in [0.717, 1.165) is 6.42 Å². The quantitative estimate of drug-likeness (QED) is 0.594. The zero-order valence-corrected chi connectivity index (χ0v) is 13.5. The molecule has 0 aliphatic rings. The molecule has 0 atom stereocenters. The van der Waals surface area contributed by atoms with Crippen LogP contribution < -0.4 is 0 Å². The number of hydrogen-bond donors (Lipinski definition) is 0. The van der Waals surface area contributed by atoms with Crippen LogP contribution in [-0.2, 0) is 0 Å². The molecule has 0 nitrogen and oxygen atoms in total. The average molecular weight is 276 g/mol. The molecule has 108 valence electrons. The van der Waals surface area contributed by atoms with Crippen LogP contribution in [-0.4, -0.2) is 0 Å². The normalized spacial score (nSPS) is 10.9. The van der Waals surface area contributed by atoms with Crippen molar-refractivity contribution >= 4 is 5.57 Å². The fraction of sp³-hybridized carbons (Fsp3) is 0.286. The Hall–Kier alpha value is -2.04. The van der Waals surface area contributed by atoms with E-state index >= 15 is 0 Å². The van der Waals surface area contributed by atoms with Crippen LogP contribution in [0.3, 0.4) is 0 Å². The van der Waals surface area contributed by atoms with Crippen LogP contribution >= 0.6 is 0 Å². The molecule has 0 heterocycles. The van der Waals surface area contributed by atoms with E-state index in [-0.39, 0.29) is 5.41 Å². The summed E-state index contributed by atoms with van der Waals surface area (Å²) >= 11 is 0. The van der Waals surface area contributed by atoms with Crippen molar-refractivity contribution in [1.82, 2.24) is 0 Å². The molecule has 0 aromatic heterocycles. The summed E-state index contributed by atoms with van der Waals surface area (Å²) in [6, 6.07) is 21.0. The summed E-state index contributed by atoms with van der Waals surface area (Å²) in [4.78, 5) is 0. The lowest BCUT2D eigenvalue weighted by atomic mass is 9.88. The van der Waals surface area contributed by atoms with E-state index < -0.39 is 0 Å². The van der Waals surface area contributed by atoms with Crippen LogP contribution in [0, 0.1) is 5.41 Å². The van der Waals surface area contributed by atoms with Gasteiger partial charge in [-0.1, -0.05) is 81.4 Å². The highest BCUT2D eigenvalue weighted by Crippen LogP contribution is 2.26. The Balaban J connectivity index is 2.55. The van der Waals surface area contributed by atoms with Crippen molar-refractivity contribution < 1.29 is 0 Å². The van der Waals surface area contributed by atoms with Crippen LogP contribution in [0.2, 0.25) is 0 Å². The maximum absolute atomic E-state index is 3.64. The van der Waals surface area contributed by atoms with Gasteiger partial charge in [0.1, 0.15) is 0 Å². The summed E-state index contributed by atoms with van der Waals surface area (Å²) in [5.74, 6) is 0. The maximum Gasteiger partial charge on any atom is 0.0308 e. The first-order chi connectivity index (χ1) is 9.96. The third kappa shape index (κ3) is 4.77. The Morgan fingerprint density at radius 1 is 0.810 bits per heavy atom. The van der Waals surface area contributed by atoms with Gasteiger partial charge in [0.2, 0.25) is 0 Å². The van der Waals surface area contributed by atoms with Gasteiger partial charge < -0.3 is 0 Å². The van der Waals surface area contributed by atoms with Gasteiger partial charge >= 0.3 is 0 Å². The van der Waals surface area contributed by atoms with Crippen LogP contribution in [0.5, 0.6) is 0 Å². The van der Waals surface area contributed by atoms with Crippen LogP contribution in [0.1, 0.15) is 45.2 Å². The van der Waals surface area contributed by atoms with Gasteiger partial charge in [0, 0.05) is 5.57 Å². The van der Waals surface area contributed by atoms with Gasteiger partial charge in [-0.3, -0.25) is 0 Å². The number of benzene rings is 2. The highest BCUT2D eigenvalue weighted by molar-refractivity contribution is 5.79. The summed E-state index contributed by atoms with van der Waals surface area (Å²) in [5.41, 5.74) is 8.84. The molecular weight excluding hydrogens is 252 g/mol. The minimum atomic E-state index is 0.287. The van der Waals surface area contributed by atoms with Crippen LogP contribution in [0.4, 0.5) is 0 Å². The molecule has 0 aliphatic carbocycles. The first-order valence-corrected chi connectivity index (χ1v) is 7.53. The van der Waals surface area contributed by atoms with Gasteiger partial charge in [-0.05, 0) is 35.5 Å². The summed E-state index contributed by atoms with van der Waals surface area (Å²) in [6.45, 7) is 8.98. The SMILES string of the molecule is CC(=C=C(c1ccccc1)c1ccccc1)CC(C)(C)C. The molecule has 0 fully saturated rings. The van der Waals surface area contributed by atoms with Crippen molar-refractivity contribution in [2.24, 2.45) is 5.41 Å². The largest absolute Gasteiger partial charge is 0.113 e. The average Bonchev–Trinajstić information content (AvgIpc) is 2.45. The Kier molecular flexibility index (Phi) is 4.83. The van der Waals surface area contributed by atoms with Crippen molar-refractivity contribution in [3.8, 4) is 0 Å². The molecule has 2 rings (SSSR count). The zero-order chi connectivity index (χ0) is 15.3. The lowest BCUT2D eigenvalue weighted by molar-refractivity contribution is 0.410. The first kappa shape index (κ1) is 15.4. The van der Waals surface area contributed by atoms with E-state index in [1.54, 1.807) is 0 Å². The molecule has 2 aromatic carbocycles. The molecule has 0 N–H and O–H groups in total. The summed E-state index contributed by atoms with van der Waals surface area (Å²) < 4.78 is 0. The Morgan fingerprint density at radius 2 is 1.24 bits per heavy atom. The molecule has 21 heavy (non-hydrogen) atoms. The topological polar surface area (TPSA) is 0 Å². The predicted molar refractivity (Wildman–Crippen MR) is 92.2 cm³/mol. The van der Waals surface area contributed by atoms with Crippen molar-refractivity contribution in [1.29, 1.82) is 0 Å². The van der Waals surface area contributed by atoms with E-state index in [9.17, 15) is 0 Å². The van der Waals surface area contributed by atoms with Gasteiger partial charge in [0.15, 0.2) is 0 Å². The lowest BCUT2D eigenvalue weighted by Gasteiger charge is -2.17. The smallest absolute Gasteiger partial charge is 0.0308 e. The highest BCUT2D eigenvalue weighted by Gasteiger charge is 2.11. The molecular formula is C21H24. The third-order valence-electron chi connectivity index (χ3n) is 3.26. The second-order valence-corrected chi connectivity index (χ2v) is 6.75. The molecule has 0 bridgehead atoms. The van der Waals surface area contributed by atoms with Gasteiger partial charge in [-0.15, -0.1) is 5.73 Å². The predicted octanol–water partition coefficient (Wildman–Crippen LogP) is 6.10. The molecule has 0 amide bonds. The second kappa shape index (κ2) is 6.61. The fourth-order valence-corrected chi connectivity index (χ4v) is 2.57. The van der Waals surface area contributed by atoms with E-state index in [1.165, 1.54) is 22.3 Å². The molecule has 0 saturated carbocycles. The standard InChI is InChI=1S/C21H24/c1-17(16-21(2,3)4)15-20(18-11-7-5-8-12-18)19-13-9-6-10-14-19/h5-14H,16H2,1-4H3. The van der Waals surface area contributed by atoms with Gasteiger partial charge in [0.25, 0.3) is 0 Å². The first-order valence-electron chi connectivity index (χ1n) is 7.53. The van der Waals surface area contributed by atoms with E-state index in [2.05, 4.69) is 94.1 Å². The molecule has 0 heteroatoms. The number of rotatable bonds is 3. The molecule has 0 spiro atoms. The van der Waals surface area contributed by atoms with Crippen molar-refractivity contribution in [2.75, 3.05) is 0 Å². The molecule has 2 aromatic rings. The van der Waals surface area contributed by atoms with Crippen LogP contribution in [0.15, 0.2) is 72.0 Å². The summed E-state index contributed by atoms with van der Waals surface area (Å²) in [5, 5.41) is 0.